The molecule has 1 saturated heterocycles. The van der Waals surface area contributed by atoms with Crippen molar-refractivity contribution in [2.45, 2.75) is 37.0 Å². The summed E-state index contributed by atoms with van der Waals surface area (Å²) in [5.41, 5.74) is 4.76. The van der Waals surface area contributed by atoms with Crippen molar-refractivity contribution in [1.29, 1.82) is 0 Å². The van der Waals surface area contributed by atoms with Gasteiger partial charge in [0.05, 0.1) is 12.1 Å². The molecule has 4 atom stereocenters. The fourth-order valence-electron chi connectivity index (χ4n) is 4.98. The van der Waals surface area contributed by atoms with E-state index in [1.54, 1.807) is 4.90 Å². The first-order chi connectivity index (χ1) is 13.1. The summed E-state index contributed by atoms with van der Waals surface area (Å²) in [4.78, 5) is 14.2. The van der Waals surface area contributed by atoms with Gasteiger partial charge in [0.15, 0.2) is 0 Å². The second kappa shape index (κ2) is 6.36. The molecule has 2 aromatic rings. The zero-order chi connectivity index (χ0) is 18.5. The summed E-state index contributed by atoms with van der Waals surface area (Å²) in [6.45, 7) is 0.879. The molecule has 2 aliphatic carbocycles. The Morgan fingerprint density at radius 2 is 1.63 bits per heavy atom. The van der Waals surface area contributed by atoms with Crippen molar-refractivity contribution in [3.05, 3.63) is 59.7 Å². The van der Waals surface area contributed by atoms with E-state index < -0.39 is 18.3 Å². The first kappa shape index (κ1) is 16.8. The summed E-state index contributed by atoms with van der Waals surface area (Å²) < 4.78 is 5.67. The van der Waals surface area contributed by atoms with Gasteiger partial charge in [0.25, 0.3) is 0 Å². The lowest BCUT2D eigenvalue weighted by atomic mass is 9.74. The zero-order valence-corrected chi connectivity index (χ0v) is 15.0. The van der Waals surface area contributed by atoms with E-state index in [9.17, 15) is 15.0 Å². The van der Waals surface area contributed by atoms with E-state index in [2.05, 4.69) is 24.3 Å². The lowest BCUT2D eigenvalue weighted by Gasteiger charge is -2.53. The quantitative estimate of drug-likeness (QED) is 0.859. The highest BCUT2D eigenvalue weighted by Crippen LogP contribution is 2.45. The van der Waals surface area contributed by atoms with Gasteiger partial charge in [-0.25, -0.2) is 4.79 Å². The summed E-state index contributed by atoms with van der Waals surface area (Å²) in [7, 11) is 0. The number of aliphatic hydroxyl groups is 2. The van der Waals surface area contributed by atoms with Gasteiger partial charge in [-0.1, -0.05) is 48.5 Å². The first-order valence-corrected chi connectivity index (χ1v) is 9.63. The van der Waals surface area contributed by atoms with E-state index in [0.29, 0.717) is 13.0 Å². The maximum absolute atomic E-state index is 12.6. The van der Waals surface area contributed by atoms with Gasteiger partial charge >= 0.3 is 6.09 Å². The smallest absolute Gasteiger partial charge is 0.410 e. The molecular weight excluding hydrogens is 342 g/mol. The minimum atomic E-state index is -0.877. The predicted molar refractivity (Wildman–Crippen MR) is 100 cm³/mol. The number of fused-ring (bicyclic) bond motifs is 4. The number of nitrogens with zero attached hydrogens (tertiary/aromatic N) is 1. The predicted octanol–water partition coefficient (Wildman–Crippen LogP) is 2.75. The Hall–Kier alpha value is -2.37. The summed E-state index contributed by atoms with van der Waals surface area (Å²) >= 11 is 0. The van der Waals surface area contributed by atoms with Crippen LogP contribution in [0.3, 0.4) is 0 Å². The normalized spacial score (nSPS) is 28.7. The number of rotatable bonds is 2. The second-order valence-electron chi connectivity index (χ2n) is 7.84. The molecule has 0 aromatic heterocycles. The molecule has 0 bridgehead atoms. The number of ether oxygens (including phenoxy) is 1. The van der Waals surface area contributed by atoms with Gasteiger partial charge in [-0.2, -0.15) is 0 Å². The van der Waals surface area contributed by atoms with Gasteiger partial charge in [-0.15, -0.1) is 0 Å². The fraction of sp³-hybridized carbons (Fsp3) is 0.409. The Bertz CT molecular complexity index is 837. The van der Waals surface area contributed by atoms with E-state index in [1.807, 2.05) is 24.3 Å². The van der Waals surface area contributed by atoms with Crippen LogP contribution in [0.2, 0.25) is 0 Å². The second-order valence-corrected chi connectivity index (χ2v) is 7.84. The van der Waals surface area contributed by atoms with E-state index in [0.717, 1.165) is 6.42 Å². The van der Waals surface area contributed by atoms with E-state index in [4.69, 9.17) is 4.74 Å². The van der Waals surface area contributed by atoms with Gasteiger partial charge in [-0.05, 0) is 41.0 Å². The topological polar surface area (TPSA) is 70.0 Å². The molecule has 5 nitrogen and oxygen atoms in total. The van der Waals surface area contributed by atoms with Crippen LogP contribution < -0.4 is 0 Å². The minimum Gasteiger partial charge on any atom is -0.448 e. The molecule has 27 heavy (non-hydrogen) atoms. The number of carbonyl (C=O) groups is 1. The molecule has 1 saturated carbocycles. The fourth-order valence-corrected chi connectivity index (χ4v) is 4.98. The third-order valence-corrected chi connectivity index (χ3v) is 6.42. The zero-order valence-electron chi connectivity index (χ0n) is 15.0. The molecule has 3 aliphatic rings. The lowest BCUT2D eigenvalue weighted by molar-refractivity contribution is -0.130. The number of carbonyl (C=O) groups excluding carboxylic acids is 1. The van der Waals surface area contributed by atoms with Gasteiger partial charge in [0.2, 0.25) is 0 Å². The molecular formula is C22H23NO4. The summed E-state index contributed by atoms with van der Waals surface area (Å²) in [5, 5.41) is 20.1. The number of benzene rings is 2. The third kappa shape index (κ3) is 2.57. The molecule has 1 amide bonds. The molecule has 1 aliphatic heterocycles. The average molecular weight is 365 g/mol. The van der Waals surface area contributed by atoms with Crippen molar-refractivity contribution in [2.24, 2.45) is 5.92 Å². The molecule has 140 valence electrons. The van der Waals surface area contributed by atoms with Crippen LogP contribution in [0.15, 0.2) is 48.5 Å². The number of hydrogen-bond acceptors (Lipinski definition) is 4. The third-order valence-electron chi connectivity index (χ3n) is 6.42. The van der Waals surface area contributed by atoms with Crippen LogP contribution in [-0.2, 0) is 4.74 Å². The molecule has 2 fully saturated rings. The number of hydrogen-bond donors (Lipinski definition) is 2. The Labute approximate surface area is 158 Å². The first-order valence-electron chi connectivity index (χ1n) is 9.63. The Balaban J connectivity index is 1.31. The summed E-state index contributed by atoms with van der Waals surface area (Å²) in [6, 6.07) is 16.2. The molecule has 0 unspecified atom stereocenters. The molecule has 5 heteroatoms. The molecule has 1 heterocycles. The maximum atomic E-state index is 12.6. The highest BCUT2D eigenvalue weighted by molar-refractivity contribution is 5.79. The summed E-state index contributed by atoms with van der Waals surface area (Å²) in [5.74, 6) is 0.296. The Morgan fingerprint density at radius 3 is 2.30 bits per heavy atom. The Kier molecular flexibility index (Phi) is 3.95. The van der Waals surface area contributed by atoms with Crippen molar-refractivity contribution in [2.75, 3.05) is 13.2 Å². The van der Waals surface area contributed by atoms with Gasteiger partial charge in [-0.3, -0.25) is 0 Å². The van der Waals surface area contributed by atoms with E-state index in [-0.39, 0.29) is 24.5 Å². The lowest BCUT2D eigenvalue weighted by Crippen LogP contribution is -2.67. The minimum absolute atomic E-state index is 0.0280. The maximum Gasteiger partial charge on any atom is 0.410 e. The van der Waals surface area contributed by atoms with E-state index >= 15 is 0 Å². The number of likely N-dealkylation sites (tertiary alicyclic amines) is 1. The monoisotopic (exact) mass is 365 g/mol. The van der Waals surface area contributed by atoms with Crippen molar-refractivity contribution in [1.82, 2.24) is 4.90 Å². The standard InChI is InChI=1S/C22H23NO4/c24-19-10-9-13-11-23(20(13)21(19)25)22(26)27-12-18-16-7-3-1-5-14(16)15-6-2-4-8-17(15)18/h1-8,13,18-21,24-25H,9-12H2/t13-,19-,20+,21-/m1/s1. The van der Waals surface area contributed by atoms with Crippen LogP contribution in [-0.4, -0.2) is 52.6 Å². The molecule has 2 aromatic carbocycles. The average Bonchev–Trinajstić information content (AvgIpc) is 2.98. The van der Waals surface area contributed by atoms with Crippen molar-refractivity contribution >= 4 is 6.09 Å². The van der Waals surface area contributed by atoms with E-state index in [1.165, 1.54) is 22.3 Å². The van der Waals surface area contributed by atoms with Crippen LogP contribution in [0.5, 0.6) is 0 Å². The highest BCUT2D eigenvalue weighted by atomic mass is 16.6. The van der Waals surface area contributed by atoms with Gasteiger partial charge < -0.3 is 19.8 Å². The molecule has 5 rings (SSSR count). The largest absolute Gasteiger partial charge is 0.448 e. The molecule has 0 spiro atoms. The SMILES string of the molecule is O=C(OCC1c2ccccc2-c2ccccc21)N1C[C@H]2CC[C@@H](O)[C@@H](O)[C@H]21. The van der Waals surface area contributed by atoms with Crippen LogP contribution >= 0.6 is 0 Å². The Morgan fingerprint density at radius 1 is 1.00 bits per heavy atom. The van der Waals surface area contributed by atoms with Crippen molar-refractivity contribution in [3.8, 4) is 11.1 Å². The molecule has 0 radical (unpaired) electrons. The van der Waals surface area contributed by atoms with Gasteiger partial charge in [0.1, 0.15) is 12.7 Å². The number of amides is 1. The van der Waals surface area contributed by atoms with Crippen LogP contribution in [0.1, 0.15) is 29.9 Å². The van der Waals surface area contributed by atoms with Crippen molar-refractivity contribution in [3.63, 3.8) is 0 Å². The van der Waals surface area contributed by atoms with Gasteiger partial charge in [0, 0.05) is 12.5 Å². The van der Waals surface area contributed by atoms with Crippen LogP contribution in [0, 0.1) is 5.92 Å². The number of aliphatic hydroxyl groups excluding tert-OH is 2. The van der Waals surface area contributed by atoms with Crippen LogP contribution in [0.4, 0.5) is 4.79 Å². The summed E-state index contributed by atoms with van der Waals surface area (Å²) in [6.07, 6.45) is -0.587. The molecule has 2 N–H and O–H groups in total. The van der Waals surface area contributed by atoms with Crippen LogP contribution in [0.25, 0.3) is 11.1 Å². The van der Waals surface area contributed by atoms with Crippen molar-refractivity contribution < 1.29 is 19.7 Å². The highest BCUT2D eigenvalue weighted by Gasteiger charge is 2.51.